The van der Waals surface area contributed by atoms with Crippen LogP contribution in [-0.2, 0) is 9.63 Å². The van der Waals surface area contributed by atoms with Crippen molar-refractivity contribution in [1.82, 2.24) is 10.4 Å². The minimum absolute atomic E-state index is 0.255. The summed E-state index contributed by atoms with van der Waals surface area (Å²) >= 11 is 1.63. The highest BCUT2D eigenvalue weighted by atomic mass is 32.2. The average molecular weight is 296 g/mol. The third-order valence-corrected chi connectivity index (χ3v) is 3.48. The van der Waals surface area contributed by atoms with Crippen LogP contribution in [0.4, 0.5) is 0 Å². The van der Waals surface area contributed by atoms with Gasteiger partial charge in [-0.2, -0.15) is 11.8 Å². The predicted octanol–water partition coefficient (Wildman–Crippen LogP) is 1.56. The molecule has 1 atom stereocenters. The lowest BCUT2D eigenvalue weighted by molar-refractivity contribution is -0.170. The van der Waals surface area contributed by atoms with Crippen molar-refractivity contribution in [3.8, 4) is 0 Å². The third-order valence-electron chi connectivity index (χ3n) is 2.83. The normalized spacial score (nSPS) is 11.8. The minimum Gasteiger partial charge on any atom is -0.340 e. The van der Waals surface area contributed by atoms with Crippen molar-refractivity contribution in [3.63, 3.8) is 0 Å². The molecule has 0 spiro atoms. The number of nitrogens with one attached hydrogen (secondary N) is 1. The second-order valence-corrected chi connectivity index (χ2v) is 5.18. The number of thioether (sulfide) groups is 1. The number of carbonyl (C=O) groups excluding carboxylic acids is 2. The first-order valence-electron chi connectivity index (χ1n) is 6.26. The molecule has 0 radical (unpaired) electrons. The Morgan fingerprint density at radius 2 is 2.00 bits per heavy atom. The third kappa shape index (κ3) is 4.86. The van der Waals surface area contributed by atoms with E-state index >= 15 is 0 Å². The van der Waals surface area contributed by atoms with Crippen LogP contribution in [-0.4, -0.2) is 49.1 Å². The van der Waals surface area contributed by atoms with E-state index in [0.29, 0.717) is 12.0 Å². The van der Waals surface area contributed by atoms with Gasteiger partial charge in [-0.3, -0.25) is 14.4 Å². The first-order chi connectivity index (χ1) is 9.60. The van der Waals surface area contributed by atoms with Crippen molar-refractivity contribution >= 4 is 23.6 Å². The molecule has 2 amide bonds. The van der Waals surface area contributed by atoms with E-state index in [1.165, 1.54) is 14.2 Å². The molecule has 5 nitrogen and oxygen atoms in total. The molecule has 1 unspecified atom stereocenters. The number of amides is 2. The summed E-state index contributed by atoms with van der Waals surface area (Å²) in [7, 11) is 2.95. The van der Waals surface area contributed by atoms with Gasteiger partial charge in [0.1, 0.15) is 6.04 Å². The molecule has 0 heterocycles. The van der Waals surface area contributed by atoms with Crippen LogP contribution in [0.3, 0.4) is 0 Å². The molecule has 0 aromatic heterocycles. The molecule has 1 rings (SSSR count). The molecule has 20 heavy (non-hydrogen) atoms. The number of hydrogen-bond acceptors (Lipinski definition) is 4. The number of hydrogen-bond donors (Lipinski definition) is 1. The summed E-state index contributed by atoms with van der Waals surface area (Å²) in [6.07, 6.45) is 2.52. The molecule has 1 aromatic carbocycles. The molecule has 0 aliphatic rings. The maximum atomic E-state index is 12.1. The highest BCUT2D eigenvalue weighted by Gasteiger charge is 2.24. The van der Waals surface area contributed by atoms with Gasteiger partial charge in [-0.25, -0.2) is 5.06 Å². The maximum Gasteiger partial charge on any atom is 0.268 e. The van der Waals surface area contributed by atoms with E-state index in [9.17, 15) is 9.59 Å². The molecule has 0 fully saturated rings. The van der Waals surface area contributed by atoms with Gasteiger partial charge < -0.3 is 5.32 Å². The Morgan fingerprint density at radius 3 is 2.55 bits per heavy atom. The van der Waals surface area contributed by atoms with Crippen molar-refractivity contribution in [2.45, 2.75) is 12.5 Å². The number of nitrogens with zero attached hydrogens (tertiary/aromatic N) is 1. The fraction of sp³-hybridized carbons (Fsp3) is 0.429. The molecule has 1 N–H and O–H groups in total. The van der Waals surface area contributed by atoms with Gasteiger partial charge in [0.05, 0.1) is 7.11 Å². The number of likely N-dealkylation sites (N-methyl/N-ethyl adjacent to an activating group) is 1. The molecule has 6 heteroatoms. The number of carbonyl (C=O) groups is 2. The van der Waals surface area contributed by atoms with Gasteiger partial charge in [-0.15, -0.1) is 0 Å². The lowest BCUT2D eigenvalue weighted by atomic mass is 10.1. The number of hydroxylamine groups is 2. The van der Waals surface area contributed by atoms with Crippen LogP contribution in [0.15, 0.2) is 30.3 Å². The Hall–Kier alpha value is -1.53. The SMILES string of the molecule is CON(C)C(=O)C(CCSC)NC(=O)c1ccccc1. The summed E-state index contributed by atoms with van der Waals surface area (Å²) in [4.78, 5) is 29.1. The van der Waals surface area contributed by atoms with Gasteiger partial charge >= 0.3 is 0 Å². The highest BCUT2D eigenvalue weighted by molar-refractivity contribution is 7.98. The van der Waals surface area contributed by atoms with E-state index in [1.54, 1.807) is 36.0 Å². The molecule has 1 aromatic rings. The molecule has 0 saturated carbocycles. The summed E-state index contributed by atoms with van der Waals surface area (Å²) in [5.41, 5.74) is 0.537. The lowest BCUT2D eigenvalue weighted by Gasteiger charge is -2.22. The molecule has 0 saturated heterocycles. The van der Waals surface area contributed by atoms with Gasteiger partial charge in [0.25, 0.3) is 11.8 Å². The standard InChI is InChI=1S/C14H20N2O3S/c1-16(19-2)14(18)12(9-10-20-3)15-13(17)11-7-5-4-6-8-11/h4-8,12H,9-10H2,1-3H3,(H,15,17). The number of benzene rings is 1. The van der Waals surface area contributed by atoms with E-state index in [1.807, 2.05) is 12.3 Å². The van der Waals surface area contributed by atoms with Gasteiger partial charge in [0, 0.05) is 12.6 Å². The van der Waals surface area contributed by atoms with E-state index < -0.39 is 6.04 Å². The topological polar surface area (TPSA) is 58.6 Å². The van der Waals surface area contributed by atoms with Crippen molar-refractivity contribution in [2.24, 2.45) is 0 Å². The Morgan fingerprint density at radius 1 is 1.35 bits per heavy atom. The van der Waals surface area contributed by atoms with Crippen molar-refractivity contribution < 1.29 is 14.4 Å². The van der Waals surface area contributed by atoms with E-state index in [4.69, 9.17) is 4.84 Å². The van der Waals surface area contributed by atoms with Gasteiger partial charge in [-0.1, -0.05) is 18.2 Å². The van der Waals surface area contributed by atoms with Gasteiger partial charge in [0.2, 0.25) is 0 Å². The summed E-state index contributed by atoms with van der Waals surface area (Å²) < 4.78 is 0. The fourth-order valence-corrected chi connectivity index (χ4v) is 2.11. The van der Waals surface area contributed by atoms with E-state index in [2.05, 4.69) is 5.32 Å². The second-order valence-electron chi connectivity index (χ2n) is 4.19. The molecule has 0 aliphatic carbocycles. The van der Waals surface area contributed by atoms with Gasteiger partial charge in [-0.05, 0) is 30.6 Å². The number of rotatable bonds is 7. The first-order valence-corrected chi connectivity index (χ1v) is 7.66. The molecule has 0 aliphatic heterocycles. The summed E-state index contributed by atoms with van der Waals surface area (Å²) in [5, 5.41) is 3.89. The summed E-state index contributed by atoms with van der Waals surface area (Å²) in [5.74, 6) is 0.267. The van der Waals surface area contributed by atoms with Crippen LogP contribution in [0.2, 0.25) is 0 Å². The van der Waals surface area contributed by atoms with Crippen LogP contribution < -0.4 is 5.32 Å². The molecule has 0 bridgehead atoms. The largest absolute Gasteiger partial charge is 0.340 e. The van der Waals surface area contributed by atoms with Crippen molar-refractivity contribution in [2.75, 3.05) is 26.2 Å². The quantitative estimate of drug-likeness (QED) is 0.776. The lowest BCUT2D eigenvalue weighted by Crippen LogP contribution is -2.47. The van der Waals surface area contributed by atoms with Crippen LogP contribution in [0.1, 0.15) is 16.8 Å². The average Bonchev–Trinajstić information content (AvgIpc) is 2.50. The second kappa shape index (κ2) is 8.60. The van der Waals surface area contributed by atoms with Crippen molar-refractivity contribution in [3.05, 3.63) is 35.9 Å². The Kier molecular flexibility index (Phi) is 7.11. The molecule has 110 valence electrons. The van der Waals surface area contributed by atoms with Crippen LogP contribution in [0, 0.1) is 0 Å². The molecular formula is C14H20N2O3S. The minimum atomic E-state index is -0.583. The molecular weight excluding hydrogens is 276 g/mol. The maximum absolute atomic E-state index is 12.1. The van der Waals surface area contributed by atoms with E-state index in [0.717, 1.165) is 10.8 Å². The Balaban J connectivity index is 2.74. The Bertz CT molecular complexity index is 439. The predicted molar refractivity (Wildman–Crippen MR) is 80.5 cm³/mol. The van der Waals surface area contributed by atoms with Crippen LogP contribution >= 0.6 is 11.8 Å². The Labute approximate surface area is 123 Å². The van der Waals surface area contributed by atoms with Crippen LogP contribution in [0.5, 0.6) is 0 Å². The smallest absolute Gasteiger partial charge is 0.268 e. The van der Waals surface area contributed by atoms with Gasteiger partial charge in [0.15, 0.2) is 0 Å². The first kappa shape index (κ1) is 16.5. The monoisotopic (exact) mass is 296 g/mol. The highest BCUT2D eigenvalue weighted by Crippen LogP contribution is 2.06. The van der Waals surface area contributed by atoms with Crippen LogP contribution in [0.25, 0.3) is 0 Å². The fourth-order valence-electron chi connectivity index (χ4n) is 1.63. The zero-order chi connectivity index (χ0) is 15.0. The van der Waals surface area contributed by atoms with E-state index in [-0.39, 0.29) is 11.8 Å². The zero-order valence-electron chi connectivity index (χ0n) is 12.0. The summed E-state index contributed by atoms with van der Waals surface area (Å²) in [6.45, 7) is 0. The summed E-state index contributed by atoms with van der Waals surface area (Å²) in [6, 6.07) is 8.26. The van der Waals surface area contributed by atoms with Crippen molar-refractivity contribution in [1.29, 1.82) is 0 Å². The zero-order valence-corrected chi connectivity index (χ0v) is 12.8.